The second kappa shape index (κ2) is 10.6. The van der Waals surface area contributed by atoms with Crippen LogP contribution in [-0.2, 0) is 21.6 Å². The average Bonchev–Trinajstić information content (AvgIpc) is 3.26. The summed E-state index contributed by atoms with van der Waals surface area (Å²) >= 11 is 0. The summed E-state index contributed by atoms with van der Waals surface area (Å²) in [5.74, 6) is -0.616. The number of ether oxygens (including phenoxy) is 1. The lowest BCUT2D eigenvalue weighted by atomic mass is 9.86. The molecule has 31 heavy (non-hydrogen) atoms. The SMILES string of the molecule is Cl.O=C(OC1CCN(CCc2ccccc2)C1)C(O)(c1ccccc1)c1ccccc1. The van der Waals surface area contributed by atoms with E-state index in [2.05, 4.69) is 29.2 Å². The van der Waals surface area contributed by atoms with Gasteiger partial charge in [0.25, 0.3) is 0 Å². The third kappa shape index (κ3) is 5.34. The molecular weight excluding hydrogens is 410 g/mol. The second-order valence-electron chi connectivity index (χ2n) is 7.79. The molecule has 5 heteroatoms. The summed E-state index contributed by atoms with van der Waals surface area (Å²) in [5.41, 5.74) is 0.515. The Morgan fingerprint density at radius 3 is 1.97 bits per heavy atom. The third-order valence-corrected chi connectivity index (χ3v) is 5.74. The van der Waals surface area contributed by atoms with Crippen LogP contribution in [0.25, 0.3) is 0 Å². The Kier molecular flexibility index (Phi) is 7.85. The normalized spacial score (nSPS) is 16.5. The maximum atomic E-state index is 13.2. The number of esters is 1. The molecule has 3 aromatic rings. The lowest BCUT2D eigenvalue weighted by molar-refractivity contribution is -0.167. The van der Waals surface area contributed by atoms with E-state index >= 15 is 0 Å². The van der Waals surface area contributed by atoms with Crippen LogP contribution in [-0.4, -0.2) is 41.7 Å². The van der Waals surface area contributed by atoms with Gasteiger partial charge in [-0.05, 0) is 29.5 Å². The van der Waals surface area contributed by atoms with Gasteiger partial charge in [0.2, 0.25) is 5.60 Å². The predicted octanol–water partition coefficient (Wildman–Crippen LogP) is 4.20. The number of benzene rings is 3. The Bertz CT molecular complexity index is 911. The molecule has 0 spiro atoms. The van der Waals surface area contributed by atoms with Gasteiger partial charge in [-0.15, -0.1) is 12.4 Å². The second-order valence-corrected chi connectivity index (χ2v) is 7.79. The molecule has 1 aliphatic rings. The summed E-state index contributed by atoms with van der Waals surface area (Å²) in [6, 6.07) is 28.4. The lowest BCUT2D eigenvalue weighted by Crippen LogP contribution is -2.41. The molecule has 0 amide bonds. The van der Waals surface area contributed by atoms with Gasteiger partial charge in [-0.25, -0.2) is 4.79 Å². The smallest absolute Gasteiger partial charge is 0.348 e. The zero-order chi connectivity index (χ0) is 20.8. The predicted molar refractivity (Wildman–Crippen MR) is 124 cm³/mol. The first-order valence-electron chi connectivity index (χ1n) is 10.5. The van der Waals surface area contributed by atoms with Crippen LogP contribution in [0.5, 0.6) is 0 Å². The summed E-state index contributed by atoms with van der Waals surface area (Å²) < 4.78 is 5.84. The van der Waals surface area contributed by atoms with Gasteiger partial charge in [0.05, 0.1) is 0 Å². The molecule has 162 valence electrons. The van der Waals surface area contributed by atoms with Gasteiger partial charge in [-0.1, -0.05) is 91.0 Å². The largest absolute Gasteiger partial charge is 0.458 e. The molecule has 1 saturated heterocycles. The third-order valence-electron chi connectivity index (χ3n) is 5.74. The molecule has 1 fully saturated rings. The van der Waals surface area contributed by atoms with Crippen LogP contribution in [0.3, 0.4) is 0 Å². The highest BCUT2D eigenvalue weighted by atomic mass is 35.5. The van der Waals surface area contributed by atoms with E-state index in [1.54, 1.807) is 24.3 Å². The van der Waals surface area contributed by atoms with Crippen LogP contribution < -0.4 is 0 Å². The van der Waals surface area contributed by atoms with Gasteiger partial charge in [0.1, 0.15) is 6.10 Å². The van der Waals surface area contributed by atoms with E-state index in [1.807, 2.05) is 42.5 Å². The quantitative estimate of drug-likeness (QED) is 0.563. The summed E-state index contributed by atoms with van der Waals surface area (Å²) in [4.78, 5) is 15.5. The summed E-state index contributed by atoms with van der Waals surface area (Å²) in [6.07, 6.45) is 1.53. The Morgan fingerprint density at radius 1 is 0.903 bits per heavy atom. The van der Waals surface area contributed by atoms with Crippen molar-refractivity contribution in [1.82, 2.24) is 4.90 Å². The van der Waals surface area contributed by atoms with Gasteiger partial charge in [0.15, 0.2) is 0 Å². The fourth-order valence-corrected chi connectivity index (χ4v) is 4.03. The summed E-state index contributed by atoms with van der Waals surface area (Å²) in [6.45, 7) is 2.51. The van der Waals surface area contributed by atoms with Crippen molar-refractivity contribution < 1.29 is 14.6 Å². The van der Waals surface area contributed by atoms with Gasteiger partial charge >= 0.3 is 5.97 Å². The van der Waals surface area contributed by atoms with Crippen LogP contribution in [0.15, 0.2) is 91.0 Å². The molecule has 1 atom stereocenters. The fourth-order valence-electron chi connectivity index (χ4n) is 4.03. The topological polar surface area (TPSA) is 49.8 Å². The Hall–Kier alpha value is -2.66. The van der Waals surface area contributed by atoms with Gasteiger partial charge in [0, 0.05) is 19.6 Å². The van der Waals surface area contributed by atoms with Crippen molar-refractivity contribution in [2.75, 3.05) is 19.6 Å². The van der Waals surface area contributed by atoms with Crippen LogP contribution in [0.1, 0.15) is 23.1 Å². The number of halogens is 1. The number of nitrogens with zero attached hydrogens (tertiary/aromatic N) is 1. The van der Waals surface area contributed by atoms with E-state index in [-0.39, 0.29) is 18.5 Å². The van der Waals surface area contributed by atoms with E-state index in [1.165, 1.54) is 5.56 Å². The van der Waals surface area contributed by atoms with E-state index in [0.717, 1.165) is 25.9 Å². The van der Waals surface area contributed by atoms with E-state index in [4.69, 9.17) is 4.74 Å². The van der Waals surface area contributed by atoms with Crippen LogP contribution >= 0.6 is 12.4 Å². The van der Waals surface area contributed by atoms with Crippen molar-refractivity contribution in [1.29, 1.82) is 0 Å². The number of rotatable bonds is 7. The minimum absolute atomic E-state index is 0. The zero-order valence-electron chi connectivity index (χ0n) is 17.4. The number of hydrogen-bond donors (Lipinski definition) is 1. The van der Waals surface area contributed by atoms with Gasteiger partial charge in [-0.3, -0.25) is 4.90 Å². The lowest BCUT2D eigenvalue weighted by Gasteiger charge is -2.28. The highest BCUT2D eigenvalue weighted by Crippen LogP contribution is 2.32. The fraction of sp³-hybridized carbons (Fsp3) is 0.269. The van der Waals surface area contributed by atoms with E-state index in [9.17, 15) is 9.90 Å². The first-order valence-corrected chi connectivity index (χ1v) is 10.5. The van der Waals surface area contributed by atoms with Crippen LogP contribution in [0.4, 0.5) is 0 Å². The number of aliphatic hydroxyl groups is 1. The minimum atomic E-state index is -1.82. The molecule has 0 radical (unpaired) electrons. The number of carbonyl (C=O) groups is 1. The molecule has 3 aromatic carbocycles. The maximum Gasteiger partial charge on any atom is 0.348 e. The first-order chi connectivity index (χ1) is 14.7. The summed E-state index contributed by atoms with van der Waals surface area (Å²) in [7, 11) is 0. The molecular formula is C26H28ClNO3. The monoisotopic (exact) mass is 437 g/mol. The molecule has 4 nitrogen and oxygen atoms in total. The molecule has 1 heterocycles. The molecule has 1 aliphatic heterocycles. The van der Waals surface area contributed by atoms with Gasteiger partial charge in [-0.2, -0.15) is 0 Å². The van der Waals surface area contributed by atoms with Crippen molar-refractivity contribution in [3.05, 3.63) is 108 Å². The molecule has 4 rings (SSSR count). The highest BCUT2D eigenvalue weighted by molar-refractivity contribution is 5.86. The van der Waals surface area contributed by atoms with Crippen molar-refractivity contribution in [2.24, 2.45) is 0 Å². The maximum absolute atomic E-state index is 13.2. The number of likely N-dealkylation sites (tertiary alicyclic amines) is 1. The molecule has 1 N–H and O–H groups in total. The van der Waals surface area contributed by atoms with Crippen molar-refractivity contribution in [3.8, 4) is 0 Å². The standard InChI is InChI=1S/C26H27NO3.ClH/c28-25(26(29,22-12-6-2-7-13-22)23-14-8-3-9-15-23)30-24-17-19-27(20-24)18-16-21-10-4-1-5-11-21;/h1-15,24,29H,16-20H2;1H. The Labute approximate surface area is 189 Å². The molecule has 0 bridgehead atoms. The van der Waals surface area contributed by atoms with Crippen molar-refractivity contribution in [2.45, 2.75) is 24.5 Å². The summed E-state index contributed by atoms with van der Waals surface area (Å²) in [5, 5.41) is 11.5. The zero-order valence-corrected chi connectivity index (χ0v) is 18.2. The van der Waals surface area contributed by atoms with Crippen molar-refractivity contribution in [3.63, 3.8) is 0 Å². The number of carbonyl (C=O) groups excluding carboxylic acids is 1. The van der Waals surface area contributed by atoms with Gasteiger partial charge < -0.3 is 9.84 Å². The molecule has 1 unspecified atom stereocenters. The molecule has 0 aromatic heterocycles. The highest BCUT2D eigenvalue weighted by Gasteiger charge is 2.43. The first kappa shape index (κ1) is 23.0. The minimum Gasteiger partial charge on any atom is -0.458 e. The van der Waals surface area contributed by atoms with E-state index in [0.29, 0.717) is 17.7 Å². The molecule has 0 aliphatic carbocycles. The molecule has 0 saturated carbocycles. The number of hydrogen-bond acceptors (Lipinski definition) is 4. The Balaban J connectivity index is 0.00000272. The Morgan fingerprint density at radius 2 is 1.42 bits per heavy atom. The van der Waals surface area contributed by atoms with Crippen LogP contribution in [0, 0.1) is 0 Å². The average molecular weight is 438 g/mol. The van der Waals surface area contributed by atoms with Crippen LogP contribution in [0.2, 0.25) is 0 Å². The van der Waals surface area contributed by atoms with Crippen molar-refractivity contribution >= 4 is 18.4 Å². The van der Waals surface area contributed by atoms with E-state index < -0.39 is 11.6 Å².